The number of likely N-dealkylation sites (tertiary alicyclic amines) is 1. The lowest BCUT2D eigenvalue weighted by Crippen LogP contribution is -2.48. The predicted molar refractivity (Wildman–Crippen MR) is 136 cm³/mol. The third kappa shape index (κ3) is 5.91. The average molecular weight is 550 g/mol. The highest BCUT2D eigenvalue weighted by molar-refractivity contribution is 5.84. The Morgan fingerprint density at radius 2 is 1.62 bits per heavy atom. The van der Waals surface area contributed by atoms with Crippen molar-refractivity contribution in [2.75, 3.05) is 32.7 Å². The van der Waals surface area contributed by atoms with Crippen molar-refractivity contribution >= 4 is 12.0 Å². The molecule has 4 nitrogen and oxygen atoms in total. The summed E-state index contributed by atoms with van der Waals surface area (Å²) in [7, 11) is 0. The number of rotatable bonds is 6. The predicted octanol–water partition coefficient (Wildman–Crippen LogP) is 5.64. The van der Waals surface area contributed by atoms with Gasteiger partial charge in [-0.05, 0) is 60.8 Å². The van der Waals surface area contributed by atoms with E-state index in [-0.39, 0.29) is 17.0 Å². The fraction of sp³-hybridized carbons (Fsp3) is 0.414. The summed E-state index contributed by atoms with van der Waals surface area (Å²) in [4.78, 5) is 17.2. The highest BCUT2D eigenvalue weighted by atomic mass is 19.4. The SMILES string of the molecule is O=C(NCc1cc(C(F)(F)F)cc(C(F)(F)F)c1)[C@@H]1C=CCN1CCN1CCC2(C=Cc3ccccc32)CC1. The van der Waals surface area contributed by atoms with Gasteiger partial charge in [-0.25, -0.2) is 0 Å². The van der Waals surface area contributed by atoms with Gasteiger partial charge in [-0.2, -0.15) is 26.3 Å². The van der Waals surface area contributed by atoms with Crippen molar-refractivity contribution in [3.63, 3.8) is 0 Å². The second-order valence-electron chi connectivity index (χ2n) is 10.4. The third-order valence-corrected chi connectivity index (χ3v) is 7.97. The fourth-order valence-corrected chi connectivity index (χ4v) is 5.78. The number of carbonyl (C=O) groups excluding carboxylic acids is 1. The lowest BCUT2D eigenvalue weighted by molar-refractivity contribution is -0.143. The van der Waals surface area contributed by atoms with Gasteiger partial charge in [-0.15, -0.1) is 0 Å². The number of piperidine rings is 1. The molecule has 2 aromatic rings. The van der Waals surface area contributed by atoms with E-state index in [0.717, 1.165) is 32.5 Å². The number of alkyl halides is 6. The lowest BCUT2D eigenvalue weighted by atomic mass is 9.74. The summed E-state index contributed by atoms with van der Waals surface area (Å²) < 4.78 is 78.9. The van der Waals surface area contributed by atoms with Gasteiger partial charge in [0.15, 0.2) is 0 Å². The number of carbonyl (C=O) groups is 1. The molecular formula is C29H29F6N3O. The largest absolute Gasteiger partial charge is 0.416 e. The zero-order chi connectivity index (χ0) is 27.8. The second-order valence-corrected chi connectivity index (χ2v) is 10.4. The van der Waals surface area contributed by atoms with Crippen LogP contribution >= 0.6 is 0 Å². The summed E-state index contributed by atoms with van der Waals surface area (Å²) in [6.07, 6.45) is 0.247. The highest BCUT2D eigenvalue weighted by Gasteiger charge is 2.39. The van der Waals surface area contributed by atoms with E-state index in [1.807, 2.05) is 17.0 Å². The Morgan fingerprint density at radius 1 is 0.949 bits per heavy atom. The molecule has 2 heterocycles. The minimum atomic E-state index is -4.93. The molecule has 0 unspecified atom stereocenters. The maximum absolute atomic E-state index is 13.1. The van der Waals surface area contributed by atoms with E-state index in [1.54, 1.807) is 6.08 Å². The Morgan fingerprint density at radius 3 is 2.28 bits per heavy atom. The topological polar surface area (TPSA) is 35.6 Å². The van der Waals surface area contributed by atoms with Gasteiger partial charge in [-0.3, -0.25) is 9.69 Å². The zero-order valence-corrected chi connectivity index (χ0v) is 21.2. The van der Waals surface area contributed by atoms with Crippen LogP contribution in [0.5, 0.6) is 0 Å². The van der Waals surface area contributed by atoms with Crippen molar-refractivity contribution in [1.82, 2.24) is 15.1 Å². The van der Waals surface area contributed by atoms with Crippen LogP contribution < -0.4 is 5.32 Å². The van der Waals surface area contributed by atoms with Gasteiger partial charge in [-0.1, -0.05) is 48.6 Å². The Balaban J connectivity index is 1.15. The monoisotopic (exact) mass is 549 g/mol. The van der Waals surface area contributed by atoms with Crippen molar-refractivity contribution in [3.05, 3.63) is 88.5 Å². The molecule has 208 valence electrons. The number of benzene rings is 2. The molecule has 1 fully saturated rings. The molecule has 5 rings (SSSR count). The molecule has 39 heavy (non-hydrogen) atoms. The second kappa shape index (κ2) is 10.5. The minimum Gasteiger partial charge on any atom is -0.350 e. The van der Waals surface area contributed by atoms with Crippen LogP contribution in [0.4, 0.5) is 26.3 Å². The van der Waals surface area contributed by atoms with Gasteiger partial charge in [0, 0.05) is 31.6 Å². The molecule has 1 aliphatic carbocycles. The Bertz CT molecular complexity index is 1240. The minimum absolute atomic E-state index is 0.0803. The van der Waals surface area contributed by atoms with Crippen molar-refractivity contribution in [2.24, 2.45) is 0 Å². The maximum Gasteiger partial charge on any atom is 0.416 e. The van der Waals surface area contributed by atoms with Crippen LogP contribution in [0, 0.1) is 0 Å². The third-order valence-electron chi connectivity index (χ3n) is 7.97. The van der Waals surface area contributed by atoms with Crippen molar-refractivity contribution < 1.29 is 31.1 Å². The summed E-state index contributed by atoms with van der Waals surface area (Å²) in [6, 6.07) is 9.20. The lowest BCUT2D eigenvalue weighted by Gasteiger charge is -2.40. The van der Waals surface area contributed by atoms with Crippen LogP contribution in [0.1, 0.15) is 40.7 Å². The molecule has 0 bridgehead atoms. The standard InChI is InChI=1S/C29H29F6N3O/c30-28(31,32)22-16-20(17-23(18-22)29(33,34)35)19-36-26(39)25-6-3-11-38(25)15-14-37-12-9-27(10-13-37)8-7-21-4-1-2-5-24(21)27/h1-8,16-18,25H,9-15,19H2,(H,36,39)/t25-/m0/s1. The van der Waals surface area contributed by atoms with Gasteiger partial charge in [0.25, 0.3) is 0 Å². The van der Waals surface area contributed by atoms with Crippen LogP contribution in [0.15, 0.2) is 60.7 Å². The van der Waals surface area contributed by atoms with Crippen LogP contribution in [-0.2, 0) is 29.1 Å². The number of nitrogens with one attached hydrogen (secondary N) is 1. The first-order valence-electron chi connectivity index (χ1n) is 12.9. The molecule has 2 aliphatic heterocycles. The van der Waals surface area contributed by atoms with E-state index in [9.17, 15) is 31.1 Å². The fourth-order valence-electron chi connectivity index (χ4n) is 5.78. The maximum atomic E-state index is 13.1. The van der Waals surface area contributed by atoms with E-state index in [2.05, 4.69) is 40.6 Å². The molecule has 1 amide bonds. The highest BCUT2D eigenvalue weighted by Crippen LogP contribution is 2.43. The molecule has 0 radical (unpaired) electrons. The zero-order valence-electron chi connectivity index (χ0n) is 21.2. The van der Waals surface area contributed by atoms with Gasteiger partial charge in [0.2, 0.25) is 5.91 Å². The van der Waals surface area contributed by atoms with E-state index in [1.165, 1.54) is 11.1 Å². The molecule has 3 aliphatic rings. The Labute approximate surface area is 223 Å². The molecule has 0 saturated carbocycles. The molecule has 0 aromatic heterocycles. The Kier molecular flexibility index (Phi) is 7.37. The van der Waals surface area contributed by atoms with Crippen molar-refractivity contribution in [2.45, 2.75) is 43.2 Å². The van der Waals surface area contributed by atoms with E-state index in [0.29, 0.717) is 25.2 Å². The summed E-state index contributed by atoms with van der Waals surface area (Å²) in [5, 5.41) is 2.52. The Hall–Kier alpha value is -3.11. The van der Waals surface area contributed by atoms with Gasteiger partial charge >= 0.3 is 12.4 Å². The summed E-state index contributed by atoms with van der Waals surface area (Å²) in [6.45, 7) is 3.34. The van der Waals surface area contributed by atoms with Gasteiger partial charge in [0.1, 0.15) is 6.04 Å². The number of nitrogens with zero attached hydrogens (tertiary/aromatic N) is 2. The normalized spacial score (nSPS) is 21.0. The number of allylic oxidation sites excluding steroid dienone is 1. The van der Waals surface area contributed by atoms with Crippen molar-refractivity contribution in [1.29, 1.82) is 0 Å². The van der Waals surface area contributed by atoms with E-state index in [4.69, 9.17) is 0 Å². The molecule has 2 aromatic carbocycles. The average Bonchev–Trinajstić information content (AvgIpc) is 3.51. The molecule has 1 N–H and O–H groups in total. The number of hydrogen-bond donors (Lipinski definition) is 1. The van der Waals surface area contributed by atoms with Crippen LogP contribution in [-0.4, -0.2) is 54.5 Å². The summed E-state index contributed by atoms with van der Waals surface area (Å²) in [5.41, 5.74) is -0.312. The molecular weight excluding hydrogens is 520 g/mol. The molecule has 1 atom stereocenters. The van der Waals surface area contributed by atoms with E-state index < -0.39 is 42.0 Å². The first-order chi connectivity index (χ1) is 18.4. The number of halogens is 6. The summed E-state index contributed by atoms with van der Waals surface area (Å²) >= 11 is 0. The molecule has 1 spiro atoms. The van der Waals surface area contributed by atoms with Crippen molar-refractivity contribution in [3.8, 4) is 0 Å². The van der Waals surface area contributed by atoms with Crippen LogP contribution in [0.2, 0.25) is 0 Å². The molecule has 1 saturated heterocycles. The quantitative estimate of drug-likeness (QED) is 0.374. The number of amides is 1. The number of fused-ring (bicyclic) bond motifs is 2. The van der Waals surface area contributed by atoms with Crippen LogP contribution in [0.3, 0.4) is 0 Å². The smallest absolute Gasteiger partial charge is 0.350 e. The van der Waals surface area contributed by atoms with Gasteiger partial charge < -0.3 is 10.2 Å². The number of hydrogen-bond acceptors (Lipinski definition) is 3. The van der Waals surface area contributed by atoms with Gasteiger partial charge in [0.05, 0.1) is 11.1 Å². The first kappa shape index (κ1) is 27.5. The first-order valence-corrected chi connectivity index (χ1v) is 12.9. The summed E-state index contributed by atoms with van der Waals surface area (Å²) in [5.74, 6) is -0.458. The molecule has 10 heteroatoms. The van der Waals surface area contributed by atoms with Crippen LogP contribution in [0.25, 0.3) is 6.08 Å². The van der Waals surface area contributed by atoms with E-state index >= 15 is 0 Å².